The summed E-state index contributed by atoms with van der Waals surface area (Å²) in [6.07, 6.45) is 1.23. The monoisotopic (exact) mass is 475 g/mol. The molecule has 1 aliphatic rings. The average Bonchev–Trinajstić information content (AvgIpc) is 3.48. The van der Waals surface area contributed by atoms with Gasteiger partial charge >= 0.3 is 6.09 Å². The Morgan fingerprint density at radius 1 is 1.09 bits per heavy atom. The van der Waals surface area contributed by atoms with Crippen molar-refractivity contribution in [2.24, 2.45) is 0 Å². The van der Waals surface area contributed by atoms with Crippen LogP contribution in [0.3, 0.4) is 0 Å². The Kier molecular flexibility index (Phi) is 7.01. The second-order valence-electron chi connectivity index (χ2n) is 6.95. The Labute approximate surface area is 194 Å². The molecule has 1 aromatic carbocycles. The van der Waals surface area contributed by atoms with Gasteiger partial charge in [-0.05, 0) is 43.3 Å². The lowest BCUT2D eigenvalue weighted by Crippen LogP contribution is -2.51. The van der Waals surface area contributed by atoms with E-state index >= 15 is 0 Å². The molecule has 0 N–H and O–H groups in total. The molecule has 0 spiro atoms. The molecule has 0 radical (unpaired) electrons. The molecule has 1 aliphatic heterocycles. The summed E-state index contributed by atoms with van der Waals surface area (Å²) >= 11 is 7.34. The fourth-order valence-electron chi connectivity index (χ4n) is 3.32. The molecule has 1 fully saturated rings. The number of aromatic nitrogens is 3. The third kappa shape index (κ3) is 4.91. The number of halogens is 1. The van der Waals surface area contributed by atoms with Gasteiger partial charge in [-0.25, -0.2) is 4.79 Å². The van der Waals surface area contributed by atoms with Crippen LogP contribution in [0.5, 0.6) is 0 Å². The number of ether oxygens (including phenoxy) is 1. The van der Waals surface area contributed by atoms with Gasteiger partial charge < -0.3 is 19.0 Å². The first-order valence-electron chi connectivity index (χ1n) is 10.1. The van der Waals surface area contributed by atoms with Crippen molar-refractivity contribution in [1.82, 2.24) is 24.6 Å². The van der Waals surface area contributed by atoms with E-state index in [1.54, 1.807) is 47.3 Å². The van der Waals surface area contributed by atoms with E-state index in [0.717, 1.165) is 5.69 Å². The summed E-state index contributed by atoms with van der Waals surface area (Å²) in [5, 5.41) is 9.75. The molecule has 32 heavy (non-hydrogen) atoms. The first kappa shape index (κ1) is 22.2. The highest BCUT2D eigenvalue weighted by molar-refractivity contribution is 7.99. The van der Waals surface area contributed by atoms with E-state index in [4.69, 9.17) is 20.8 Å². The van der Waals surface area contributed by atoms with Crippen molar-refractivity contribution in [3.63, 3.8) is 0 Å². The van der Waals surface area contributed by atoms with E-state index in [0.29, 0.717) is 54.5 Å². The molecular weight excluding hydrogens is 454 g/mol. The molecule has 0 aliphatic carbocycles. The lowest BCUT2D eigenvalue weighted by Gasteiger charge is -2.34. The maximum atomic E-state index is 12.8. The van der Waals surface area contributed by atoms with E-state index in [1.165, 1.54) is 11.8 Å². The van der Waals surface area contributed by atoms with Crippen LogP contribution in [0, 0.1) is 0 Å². The van der Waals surface area contributed by atoms with Gasteiger partial charge in [0.2, 0.25) is 11.7 Å². The predicted molar refractivity (Wildman–Crippen MR) is 120 cm³/mol. The number of furan rings is 1. The molecular formula is C21H22ClN5O4S. The van der Waals surface area contributed by atoms with Gasteiger partial charge in [-0.15, -0.1) is 10.2 Å². The molecule has 0 bridgehead atoms. The van der Waals surface area contributed by atoms with Crippen LogP contribution in [-0.2, 0) is 9.53 Å². The number of carbonyl (C=O) groups is 2. The summed E-state index contributed by atoms with van der Waals surface area (Å²) < 4.78 is 12.4. The van der Waals surface area contributed by atoms with Gasteiger partial charge in [0.1, 0.15) is 0 Å². The highest BCUT2D eigenvalue weighted by Gasteiger charge is 2.26. The van der Waals surface area contributed by atoms with Crippen molar-refractivity contribution in [2.45, 2.75) is 12.1 Å². The van der Waals surface area contributed by atoms with Gasteiger partial charge in [-0.3, -0.25) is 9.36 Å². The normalized spacial score (nSPS) is 13.9. The van der Waals surface area contributed by atoms with Gasteiger partial charge in [0.25, 0.3) is 0 Å². The van der Waals surface area contributed by atoms with E-state index in [9.17, 15) is 9.59 Å². The number of carbonyl (C=O) groups excluding carboxylic acids is 2. The lowest BCUT2D eigenvalue weighted by atomic mass is 10.3. The lowest BCUT2D eigenvalue weighted by molar-refractivity contribution is -0.129. The van der Waals surface area contributed by atoms with Crippen molar-refractivity contribution in [2.75, 3.05) is 38.5 Å². The minimum Gasteiger partial charge on any atom is -0.461 e. The highest BCUT2D eigenvalue weighted by atomic mass is 35.5. The molecule has 3 heterocycles. The smallest absolute Gasteiger partial charge is 0.409 e. The molecule has 1 saturated heterocycles. The van der Waals surface area contributed by atoms with Crippen LogP contribution in [0.1, 0.15) is 6.92 Å². The summed E-state index contributed by atoms with van der Waals surface area (Å²) in [6, 6.07) is 10.9. The highest BCUT2D eigenvalue weighted by Crippen LogP contribution is 2.29. The molecule has 3 aromatic rings. The minimum atomic E-state index is -0.338. The van der Waals surface area contributed by atoms with Gasteiger partial charge in [-0.2, -0.15) is 0 Å². The first-order valence-corrected chi connectivity index (χ1v) is 11.5. The van der Waals surface area contributed by atoms with Crippen molar-refractivity contribution in [3.05, 3.63) is 47.7 Å². The first-order chi connectivity index (χ1) is 15.6. The Morgan fingerprint density at radius 3 is 2.47 bits per heavy atom. The Morgan fingerprint density at radius 2 is 1.81 bits per heavy atom. The number of nitrogens with zero attached hydrogens (tertiary/aromatic N) is 5. The fourth-order valence-corrected chi connectivity index (χ4v) is 4.30. The van der Waals surface area contributed by atoms with Crippen LogP contribution in [0.4, 0.5) is 4.79 Å². The second-order valence-corrected chi connectivity index (χ2v) is 8.33. The van der Waals surface area contributed by atoms with Gasteiger partial charge in [0, 0.05) is 36.9 Å². The topological polar surface area (TPSA) is 93.7 Å². The van der Waals surface area contributed by atoms with Crippen LogP contribution in [0.15, 0.2) is 52.2 Å². The fraction of sp³-hybridized carbons (Fsp3) is 0.333. The van der Waals surface area contributed by atoms with E-state index in [-0.39, 0.29) is 17.8 Å². The molecule has 168 valence electrons. The molecule has 0 unspecified atom stereocenters. The largest absolute Gasteiger partial charge is 0.461 e. The SMILES string of the molecule is CCOC(=O)N1CCN(C(=O)CSc2nnc(-c3ccco3)n2-c2ccc(Cl)cc2)CC1. The standard InChI is InChI=1S/C21H22ClN5O4S/c1-2-30-21(29)26-11-9-25(10-12-26)18(28)14-32-20-24-23-19(17-4-3-13-31-17)27(20)16-7-5-15(22)6-8-16/h3-8,13H,2,9-12,14H2,1H3. The van der Waals surface area contributed by atoms with Crippen molar-refractivity contribution in [1.29, 1.82) is 0 Å². The quantitative estimate of drug-likeness (QED) is 0.503. The number of thioether (sulfide) groups is 1. The number of rotatable bonds is 6. The summed E-state index contributed by atoms with van der Waals surface area (Å²) in [4.78, 5) is 28.0. The average molecular weight is 476 g/mol. The van der Waals surface area contributed by atoms with Crippen molar-refractivity contribution >= 4 is 35.4 Å². The zero-order valence-electron chi connectivity index (χ0n) is 17.4. The summed E-state index contributed by atoms with van der Waals surface area (Å²) in [5.74, 6) is 1.28. The van der Waals surface area contributed by atoms with Gasteiger partial charge in [0.15, 0.2) is 10.9 Å². The maximum Gasteiger partial charge on any atom is 0.409 e. The van der Waals surface area contributed by atoms with E-state index in [2.05, 4.69) is 10.2 Å². The molecule has 9 nitrogen and oxygen atoms in total. The molecule has 2 aromatic heterocycles. The second kappa shape index (κ2) is 10.1. The number of hydrogen-bond acceptors (Lipinski definition) is 7. The van der Waals surface area contributed by atoms with E-state index in [1.807, 2.05) is 16.7 Å². The molecule has 0 saturated carbocycles. The predicted octanol–water partition coefficient (Wildman–Crippen LogP) is 3.57. The number of amides is 2. The van der Waals surface area contributed by atoms with Crippen LogP contribution in [0.25, 0.3) is 17.3 Å². The minimum absolute atomic E-state index is 0.0243. The number of piperazine rings is 1. The molecule has 0 atom stereocenters. The molecule has 11 heteroatoms. The van der Waals surface area contributed by atoms with Gasteiger partial charge in [0.05, 0.1) is 18.6 Å². The zero-order valence-corrected chi connectivity index (χ0v) is 19.0. The molecule has 4 rings (SSSR count). The van der Waals surface area contributed by atoms with Crippen molar-refractivity contribution in [3.8, 4) is 17.3 Å². The Bertz CT molecular complexity index is 1060. The maximum absolute atomic E-state index is 12.8. The van der Waals surface area contributed by atoms with Crippen LogP contribution in [0.2, 0.25) is 5.02 Å². The summed E-state index contributed by atoms with van der Waals surface area (Å²) in [7, 11) is 0. The number of benzene rings is 1. The van der Waals surface area contributed by atoms with Crippen LogP contribution >= 0.6 is 23.4 Å². The van der Waals surface area contributed by atoms with Crippen LogP contribution in [-0.4, -0.2) is 75.1 Å². The van der Waals surface area contributed by atoms with Crippen LogP contribution < -0.4 is 0 Å². The zero-order chi connectivity index (χ0) is 22.5. The summed E-state index contributed by atoms with van der Waals surface area (Å²) in [6.45, 7) is 3.97. The third-order valence-corrected chi connectivity index (χ3v) is 6.11. The van der Waals surface area contributed by atoms with E-state index < -0.39 is 0 Å². The number of hydrogen-bond donors (Lipinski definition) is 0. The van der Waals surface area contributed by atoms with Crippen molar-refractivity contribution < 1.29 is 18.7 Å². The van der Waals surface area contributed by atoms with Gasteiger partial charge in [-0.1, -0.05) is 23.4 Å². The summed E-state index contributed by atoms with van der Waals surface area (Å²) in [5.41, 5.74) is 0.809. The Hall–Kier alpha value is -2.98. The third-order valence-electron chi connectivity index (χ3n) is 4.94. The Balaban J connectivity index is 1.45. The molecule has 2 amide bonds.